The molecule has 5 nitrogen and oxygen atoms in total. The number of benzene rings is 2. The lowest BCUT2D eigenvalue weighted by Crippen LogP contribution is -2.48. The van der Waals surface area contributed by atoms with Crippen molar-refractivity contribution in [1.82, 2.24) is 5.32 Å². The van der Waals surface area contributed by atoms with E-state index in [-0.39, 0.29) is 30.3 Å². The minimum absolute atomic E-state index is 0.0796. The van der Waals surface area contributed by atoms with Crippen LogP contribution in [0.5, 0.6) is 11.5 Å². The number of carbonyl (C=O) groups excluding carboxylic acids is 2. The van der Waals surface area contributed by atoms with Crippen molar-refractivity contribution in [2.45, 2.75) is 38.1 Å². The molecule has 1 N–H and O–H groups in total. The molecule has 0 radical (unpaired) electrons. The quantitative estimate of drug-likeness (QED) is 0.494. The van der Waals surface area contributed by atoms with Gasteiger partial charge < -0.3 is 14.8 Å². The Morgan fingerprint density at radius 1 is 1.23 bits per heavy atom. The standard InChI is InChI=1S/C25H26ClNO4/c1-3-19-15-25(19,24(29)30-4-2)27-23(28)17-9-8-16-10-11-22(13-18(16)12-17)31-21-7-5-6-20(26)14-21/h3,5-7,10-11,13-14,17,19H,1,4,8-9,12,15H2,2H3,(H,27,28). The van der Waals surface area contributed by atoms with E-state index in [4.69, 9.17) is 21.1 Å². The number of rotatable bonds is 7. The van der Waals surface area contributed by atoms with E-state index < -0.39 is 5.54 Å². The maximum atomic E-state index is 13.0. The van der Waals surface area contributed by atoms with E-state index in [1.165, 1.54) is 5.56 Å². The molecule has 0 spiro atoms. The molecule has 0 aliphatic heterocycles. The molecule has 0 saturated heterocycles. The largest absolute Gasteiger partial charge is 0.464 e. The lowest BCUT2D eigenvalue weighted by Gasteiger charge is -2.26. The maximum Gasteiger partial charge on any atom is 0.332 e. The van der Waals surface area contributed by atoms with Gasteiger partial charge in [0.05, 0.1) is 6.61 Å². The fraction of sp³-hybridized carbons (Fsp3) is 0.360. The van der Waals surface area contributed by atoms with Crippen molar-refractivity contribution in [2.24, 2.45) is 11.8 Å². The first-order valence-corrected chi connectivity index (χ1v) is 11.0. The Balaban J connectivity index is 1.46. The zero-order chi connectivity index (χ0) is 22.0. The Morgan fingerprint density at radius 2 is 2.03 bits per heavy atom. The third-order valence-corrected chi connectivity index (χ3v) is 6.33. The van der Waals surface area contributed by atoms with Crippen LogP contribution in [0.1, 0.15) is 30.9 Å². The molecule has 2 aromatic rings. The van der Waals surface area contributed by atoms with E-state index in [0.717, 1.165) is 18.4 Å². The predicted molar refractivity (Wildman–Crippen MR) is 119 cm³/mol. The second kappa shape index (κ2) is 8.75. The van der Waals surface area contributed by atoms with Crippen LogP contribution in [0.3, 0.4) is 0 Å². The van der Waals surface area contributed by atoms with Crippen molar-refractivity contribution < 1.29 is 19.1 Å². The summed E-state index contributed by atoms with van der Waals surface area (Å²) in [4.78, 5) is 25.5. The van der Waals surface area contributed by atoms with Crippen molar-refractivity contribution in [3.05, 3.63) is 71.3 Å². The summed E-state index contributed by atoms with van der Waals surface area (Å²) in [6, 6.07) is 13.2. The third kappa shape index (κ3) is 4.47. The highest BCUT2D eigenvalue weighted by Gasteiger charge is 2.61. The molecule has 2 aromatic carbocycles. The van der Waals surface area contributed by atoms with Gasteiger partial charge in [-0.1, -0.05) is 29.8 Å². The van der Waals surface area contributed by atoms with Gasteiger partial charge in [0.2, 0.25) is 5.91 Å². The van der Waals surface area contributed by atoms with Crippen LogP contribution in [-0.4, -0.2) is 24.0 Å². The van der Waals surface area contributed by atoms with E-state index in [2.05, 4.69) is 18.0 Å². The lowest BCUT2D eigenvalue weighted by atomic mass is 9.83. The van der Waals surface area contributed by atoms with Crippen molar-refractivity contribution in [1.29, 1.82) is 0 Å². The summed E-state index contributed by atoms with van der Waals surface area (Å²) in [6.07, 6.45) is 4.41. The molecule has 31 heavy (non-hydrogen) atoms. The molecular formula is C25H26ClNO4. The van der Waals surface area contributed by atoms with Gasteiger partial charge in [-0.05, 0) is 74.1 Å². The second-order valence-corrected chi connectivity index (χ2v) is 8.59. The van der Waals surface area contributed by atoms with Crippen LogP contribution < -0.4 is 10.1 Å². The second-order valence-electron chi connectivity index (χ2n) is 8.16. The van der Waals surface area contributed by atoms with Crippen LogP contribution in [0.25, 0.3) is 0 Å². The molecular weight excluding hydrogens is 414 g/mol. The van der Waals surface area contributed by atoms with Gasteiger partial charge in [0.25, 0.3) is 0 Å². The highest BCUT2D eigenvalue weighted by atomic mass is 35.5. The smallest absolute Gasteiger partial charge is 0.332 e. The SMILES string of the molecule is C=CC1CC1(NC(=O)C1CCc2ccc(Oc3cccc(Cl)c3)cc2C1)C(=O)OCC. The zero-order valence-electron chi connectivity index (χ0n) is 17.5. The van der Waals surface area contributed by atoms with Gasteiger partial charge in [-0.3, -0.25) is 4.79 Å². The molecule has 3 unspecified atom stereocenters. The van der Waals surface area contributed by atoms with Crippen LogP contribution in [0.15, 0.2) is 55.1 Å². The number of halogens is 1. The molecule has 0 aromatic heterocycles. The normalized spacial score (nSPS) is 23.9. The summed E-state index contributed by atoms with van der Waals surface area (Å²) < 4.78 is 11.1. The van der Waals surface area contributed by atoms with Gasteiger partial charge in [-0.2, -0.15) is 0 Å². The molecule has 2 aliphatic carbocycles. The van der Waals surface area contributed by atoms with Gasteiger partial charge >= 0.3 is 5.97 Å². The van der Waals surface area contributed by atoms with Crippen molar-refractivity contribution in [3.8, 4) is 11.5 Å². The summed E-state index contributed by atoms with van der Waals surface area (Å²) in [5, 5.41) is 3.60. The number of hydrogen-bond acceptors (Lipinski definition) is 4. The third-order valence-electron chi connectivity index (χ3n) is 6.09. The van der Waals surface area contributed by atoms with Crippen molar-refractivity contribution in [3.63, 3.8) is 0 Å². The number of nitrogens with one attached hydrogen (secondary N) is 1. The molecule has 162 valence electrons. The zero-order valence-corrected chi connectivity index (χ0v) is 18.3. The van der Waals surface area contributed by atoms with E-state index in [1.54, 1.807) is 25.1 Å². The minimum atomic E-state index is -0.952. The fourth-order valence-electron chi connectivity index (χ4n) is 4.27. The van der Waals surface area contributed by atoms with Crippen molar-refractivity contribution in [2.75, 3.05) is 6.61 Å². The van der Waals surface area contributed by atoms with Gasteiger partial charge in [-0.25, -0.2) is 4.79 Å². The number of esters is 1. The van der Waals surface area contributed by atoms with Gasteiger partial charge in [0, 0.05) is 16.9 Å². The Bertz CT molecular complexity index is 1020. The fourth-order valence-corrected chi connectivity index (χ4v) is 4.45. The summed E-state index contributed by atoms with van der Waals surface area (Å²) >= 11 is 6.04. The Labute approximate surface area is 187 Å². The molecule has 0 bridgehead atoms. The Kier molecular flexibility index (Phi) is 6.05. The number of aryl methyl sites for hydroxylation is 1. The van der Waals surface area contributed by atoms with Gasteiger partial charge in [0.15, 0.2) is 0 Å². The van der Waals surface area contributed by atoms with Crippen LogP contribution >= 0.6 is 11.6 Å². The summed E-state index contributed by atoms with van der Waals surface area (Å²) in [7, 11) is 0. The minimum Gasteiger partial charge on any atom is -0.464 e. The molecule has 6 heteroatoms. The number of fused-ring (bicyclic) bond motifs is 1. The lowest BCUT2D eigenvalue weighted by molar-refractivity contribution is -0.149. The maximum absolute atomic E-state index is 13.0. The van der Waals surface area contributed by atoms with Crippen LogP contribution in [0.4, 0.5) is 0 Å². The first kappa shape index (κ1) is 21.4. The predicted octanol–water partition coefficient (Wildman–Crippen LogP) is 4.86. The van der Waals surface area contributed by atoms with Gasteiger partial charge in [-0.15, -0.1) is 6.58 Å². The highest BCUT2D eigenvalue weighted by molar-refractivity contribution is 6.30. The highest BCUT2D eigenvalue weighted by Crippen LogP contribution is 2.46. The Hall–Kier alpha value is -2.79. The molecule has 1 saturated carbocycles. The topological polar surface area (TPSA) is 64.6 Å². The van der Waals surface area contributed by atoms with E-state index >= 15 is 0 Å². The number of amides is 1. The van der Waals surface area contributed by atoms with Crippen LogP contribution in [-0.2, 0) is 27.2 Å². The average molecular weight is 440 g/mol. The summed E-state index contributed by atoms with van der Waals surface area (Å²) in [5.41, 5.74) is 1.36. The number of carbonyl (C=O) groups is 2. The number of hydrogen-bond donors (Lipinski definition) is 1. The average Bonchev–Trinajstić information content (AvgIpc) is 3.47. The van der Waals surface area contributed by atoms with E-state index in [1.807, 2.05) is 24.3 Å². The molecule has 1 fully saturated rings. The monoisotopic (exact) mass is 439 g/mol. The van der Waals surface area contributed by atoms with E-state index in [9.17, 15) is 9.59 Å². The van der Waals surface area contributed by atoms with Gasteiger partial charge in [0.1, 0.15) is 17.0 Å². The van der Waals surface area contributed by atoms with Crippen LogP contribution in [0, 0.1) is 11.8 Å². The van der Waals surface area contributed by atoms with Crippen LogP contribution in [0.2, 0.25) is 5.02 Å². The first-order chi connectivity index (χ1) is 14.9. The molecule has 3 atom stereocenters. The Morgan fingerprint density at radius 3 is 2.74 bits per heavy atom. The summed E-state index contributed by atoms with van der Waals surface area (Å²) in [5.74, 6) is 0.610. The van der Waals surface area contributed by atoms with Crippen molar-refractivity contribution >= 4 is 23.5 Å². The van der Waals surface area contributed by atoms with E-state index in [0.29, 0.717) is 29.4 Å². The molecule has 1 amide bonds. The molecule has 4 rings (SSSR count). The number of ether oxygens (including phenoxy) is 2. The first-order valence-electron chi connectivity index (χ1n) is 10.6. The summed E-state index contributed by atoms with van der Waals surface area (Å²) in [6.45, 7) is 5.83. The molecule has 0 heterocycles. The molecule has 2 aliphatic rings.